The maximum atomic E-state index is 13.1. The van der Waals surface area contributed by atoms with Crippen molar-refractivity contribution in [3.8, 4) is 11.3 Å². The number of primary amides is 1. The van der Waals surface area contributed by atoms with Gasteiger partial charge in [0.15, 0.2) is 11.6 Å². The summed E-state index contributed by atoms with van der Waals surface area (Å²) < 4.78 is 33.3. The third-order valence-electron chi connectivity index (χ3n) is 5.58. The molecule has 0 radical (unpaired) electrons. The number of ether oxygens (including phenoxy) is 1. The molecule has 2 heterocycles. The van der Waals surface area contributed by atoms with Crippen molar-refractivity contribution < 1.29 is 18.3 Å². The SMILES string of the molecule is COCCN1CCC(c2ccc(F)c(F)c2)C1.Cn1nc(-c2ccccc2)c(Br)c1NC(N)=O. The number of rotatable bonds is 6. The van der Waals surface area contributed by atoms with Gasteiger partial charge in [-0.1, -0.05) is 36.4 Å². The van der Waals surface area contributed by atoms with Crippen molar-refractivity contribution in [1.29, 1.82) is 0 Å². The highest BCUT2D eigenvalue weighted by atomic mass is 79.9. The first-order valence-corrected chi connectivity index (χ1v) is 11.6. The fourth-order valence-electron chi connectivity index (χ4n) is 3.83. The van der Waals surface area contributed by atoms with Crippen molar-refractivity contribution in [2.45, 2.75) is 12.3 Å². The molecule has 1 aliphatic heterocycles. The molecule has 3 N–H and O–H groups in total. The molecule has 182 valence electrons. The lowest BCUT2D eigenvalue weighted by Crippen LogP contribution is -2.24. The lowest BCUT2D eigenvalue weighted by Gasteiger charge is -2.15. The van der Waals surface area contributed by atoms with E-state index < -0.39 is 17.7 Å². The average molecular weight is 536 g/mol. The second-order valence-corrected chi connectivity index (χ2v) is 8.74. The van der Waals surface area contributed by atoms with Crippen molar-refractivity contribution in [1.82, 2.24) is 14.7 Å². The Balaban J connectivity index is 0.000000191. The molecule has 0 bridgehead atoms. The molecule has 3 aromatic rings. The van der Waals surface area contributed by atoms with Gasteiger partial charge in [-0.3, -0.25) is 10.00 Å². The number of hydrogen-bond acceptors (Lipinski definition) is 4. The van der Waals surface area contributed by atoms with Gasteiger partial charge < -0.3 is 15.4 Å². The van der Waals surface area contributed by atoms with Crippen LogP contribution in [0.1, 0.15) is 17.9 Å². The zero-order chi connectivity index (χ0) is 24.7. The number of amides is 2. The monoisotopic (exact) mass is 535 g/mol. The zero-order valence-corrected chi connectivity index (χ0v) is 20.7. The molecule has 7 nitrogen and oxygen atoms in total. The van der Waals surface area contributed by atoms with Crippen LogP contribution >= 0.6 is 15.9 Å². The van der Waals surface area contributed by atoms with Gasteiger partial charge in [0.1, 0.15) is 11.5 Å². The second kappa shape index (κ2) is 12.0. The summed E-state index contributed by atoms with van der Waals surface area (Å²) in [4.78, 5) is 13.2. The summed E-state index contributed by atoms with van der Waals surface area (Å²) in [5.74, 6) is -0.681. The lowest BCUT2D eigenvalue weighted by molar-refractivity contribution is 0.160. The molecule has 1 saturated heterocycles. The quantitative estimate of drug-likeness (QED) is 0.477. The van der Waals surface area contributed by atoms with Gasteiger partial charge in [-0.05, 0) is 52.5 Å². The van der Waals surface area contributed by atoms with E-state index in [1.807, 2.05) is 30.3 Å². The molecule has 1 aromatic heterocycles. The van der Waals surface area contributed by atoms with Gasteiger partial charge in [-0.2, -0.15) is 5.10 Å². The van der Waals surface area contributed by atoms with Gasteiger partial charge in [0.25, 0.3) is 0 Å². The zero-order valence-electron chi connectivity index (χ0n) is 19.1. The van der Waals surface area contributed by atoms with E-state index in [1.54, 1.807) is 24.9 Å². The number of anilines is 1. The largest absolute Gasteiger partial charge is 0.383 e. The van der Waals surface area contributed by atoms with Gasteiger partial charge in [-0.15, -0.1) is 0 Å². The number of carbonyl (C=O) groups is 1. The molecule has 34 heavy (non-hydrogen) atoms. The summed E-state index contributed by atoms with van der Waals surface area (Å²) in [6, 6.07) is 13.3. The summed E-state index contributed by atoms with van der Waals surface area (Å²) in [6.07, 6.45) is 0.995. The number of nitrogens with one attached hydrogen (secondary N) is 1. The average Bonchev–Trinajstić information content (AvgIpc) is 3.40. The van der Waals surface area contributed by atoms with E-state index in [0.29, 0.717) is 22.8 Å². The van der Waals surface area contributed by atoms with Crippen molar-refractivity contribution in [3.63, 3.8) is 0 Å². The number of methoxy groups -OCH3 is 1. The van der Waals surface area contributed by atoms with Crippen LogP contribution in [0.15, 0.2) is 53.0 Å². The molecule has 0 spiro atoms. The summed E-state index contributed by atoms with van der Waals surface area (Å²) in [5, 5.41) is 6.86. The molecule has 0 saturated carbocycles. The highest BCUT2D eigenvalue weighted by molar-refractivity contribution is 9.10. The number of hydrogen-bond donors (Lipinski definition) is 2. The van der Waals surface area contributed by atoms with E-state index in [0.717, 1.165) is 42.9 Å². The van der Waals surface area contributed by atoms with Crippen molar-refractivity contribution in [2.24, 2.45) is 12.8 Å². The minimum absolute atomic E-state index is 0.307. The van der Waals surface area contributed by atoms with Crippen molar-refractivity contribution in [2.75, 3.05) is 38.7 Å². The minimum Gasteiger partial charge on any atom is -0.383 e. The fraction of sp³-hybridized carbons (Fsp3) is 0.333. The van der Waals surface area contributed by atoms with Crippen LogP contribution < -0.4 is 11.1 Å². The van der Waals surface area contributed by atoms with E-state index in [-0.39, 0.29) is 0 Å². The Morgan fingerprint density at radius 3 is 2.62 bits per heavy atom. The van der Waals surface area contributed by atoms with E-state index in [9.17, 15) is 13.6 Å². The van der Waals surface area contributed by atoms with Gasteiger partial charge >= 0.3 is 6.03 Å². The van der Waals surface area contributed by atoms with Crippen LogP contribution in [-0.2, 0) is 11.8 Å². The van der Waals surface area contributed by atoms with Gasteiger partial charge in [-0.25, -0.2) is 13.6 Å². The second-order valence-electron chi connectivity index (χ2n) is 7.94. The molecule has 1 atom stereocenters. The highest BCUT2D eigenvalue weighted by Gasteiger charge is 2.24. The fourth-order valence-corrected chi connectivity index (χ4v) is 4.49. The Hall–Kier alpha value is -2.82. The third-order valence-corrected chi connectivity index (χ3v) is 6.33. The van der Waals surface area contributed by atoms with Crippen LogP contribution in [0.2, 0.25) is 0 Å². The molecule has 2 aromatic carbocycles. The van der Waals surface area contributed by atoms with Crippen LogP contribution in [-0.4, -0.2) is 54.1 Å². The molecular weight excluding hydrogens is 508 g/mol. The number of carbonyl (C=O) groups excluding carboxylic acids is 1. The molecular formula is C24H28BrF2N5O2. The van der Waals surface area contributed by atoms with E-state index in [4.69, 9.17) is 10.5 Å². The Kier molecular flexibility index (Phi) is 9.14. The Morgan fingerprint density at radius 2 is 1.97 bits per heavy atom. The molecule has 0 aliphatic carbocycles. The topological polar surface area (TPSA) is 85.4 Å². The molecule has 4 rings (SSSR count). The van der Waals surface area contributed by atoms with Crippen LogP contribution in [0.3, 0.4) is 0 Å². The van der Waals surface area contributed by atoms with E-state index in [1.165, 1.54) is 12.1 Å². The number of aromatic nitrogens is 2. The third kappa shape index (κ3) is 6.62. The number of urea groups is 1. The van der Waals surface area contributed by atoms with Crippen LogP contribution in [0.25, 0.3) is 11.3 Å². The number of nitrogens with two attached hydrogens (primary N) is 1. The molecule has 1 aliphatic rings. The van der Waals surface area contributed by atoms with Crippen LogP contribution in [0, 0.1) is 11.6 Å². The first kappa shape index (κ1) is 25.8. The molecule has 2 amide bonds. The maximum absolute atomic E-state index is 13.1. The summed E-state index contributed by atoms with van der Waals surface area (Å²) in [6.45, 7) is 3.50. The molecule has 10 heteroatoms. The minimum atomic E-state index is -0.775. The normalized spacial score (nSPS) is 15.6. The van der Waals surface area contributed by atoms with E-state index >= 15 is 0 Å². The van der Waals surface area contributed by atoms with Crippen molar-refractivity contribution in [3.05, 3.63) is 70.2 Å². The lowest BCUT2D eigenvalue weighted by atomic mass is 9.98. The van der Waals surface area contributed by atoms with E-state index in [2.05, 4.69) is 31.2 Å². The standard InChI is InChI=1S/C13H17F2NO.C11H11BrN4O/c1-17-7-6-16-5-4-11(9-16)10-2-3-12(14)13(15)8-10;1-16-10(14-11(13)17)8(12)9(15-16)7-5-3-2-4-6-7/h2-3,8,11H,4-7,9H2,1H3;2-6H,1H3,(H3,13,14,17). The highest BCUT2D eigenvalue weighted by Crippen LogP contribution is 2.33. The van der Waals surface area contributed by atoms with Gasteiger partial charge in [0.2, 0.25) is 0 Å². The summed E-state index contributed by atoms with van der Waals surface area (Å²) in [7, 11) is 3.42. The smallest absolute Gasteiger partial charge is 0.317 e. The number of likely N-dealkylation sites (tertiary alicyclic amines) is 1. The number of benzene rings is 2. The molecule has 1 fully saturated rings. The Labute approximate surface area is 206 Å². The number of aryl methyl sites for hydroxylation is 1. The van der Waals surface area contributed by atoms with Gasteiger partial charge in [0, 0.05) is 32.8 Å². The van der Waals surface area contributed by atoms with Crippen LogP contribution in [0.5, 0.6) is 0 Å². The van der Waals surface area contributed by atoms with Gasteiger partial charge in [0.05, 0.1) is 11.1 Å². The Bertz CT molecular complexity index is 1110. The first-order chi connectivity index (χ1) is 16.3. The summed E-state index contributed by atoms with van der Waals surface area (Å²) in [5.41, 5.74) is 7.72. The Morgan fingerprint density at radius 1 is 1.24 bits per heavy atom. The van der Waals surface area contributed by atoms with Crippen molar-refractivity contribution >= 4 is 27.8 Å². The molecule has 1 unspecified atom stereocenters. The summed E-state index contributed by atoms with van der Waals surface area (Å²) >= 11 is 3.41. The number of nitrogens with zero attached hydrogens (tertiary/aromatic N) is 3. The first-order valence-electron chi connectivity index (χ1n) is 10.8. The predicted molar refractivity (Wildman–Crippen MR) is 132 cm³/mol. The number of halogens is 3. The van der Waals surface area contributed by atoms with Crippen LogP contribution in [0.4, 0.5) is 19.4 Å². The maximum Gasteiger partial charge on any atom is 0.317 e. The predicted octanol–water partition coefficient (Wildman–Crippen LogP) is 4.74.